The second-order valence-electron chi connectivity index (χ2n) is 5.24. The Labute approximate surface area is 148 Å². The molecule has 1 heterocycles. The van der Waals surface area contributed by atoms with Gasteiger partial charge in [-0.1, -0.05) is 18.1 Å². The minimum absolute atomic E-state index is 0.00513. The molecule has 2 aromatic carbocycles. The van der Waals surface area contributed by atoms with E-state index in [1.807, 2.05) is 24.3 Å². The van der Waals surface area contributed by atoms with E-state index in [0.717, 1.165) is 5.52 Å². The molecule has 1 aromatic heterocycles. The number of nitrogens with zero attached hydrogens (tertiary/aromatic N) is 3. The third-order valence-electron chi connectivity index (χ3n) is 3.58. The summed E-state index contributed by atoms with van der Waals surface area (Å²) in [5.41, 5.74) is 1.96. The molecule has 0 fully saturated rings. The van der Waals surface area contributed by atoms with Gasteiger partial charge in [0, 0.05) is 17.7 Å². The van der Waals surface area contributed by atoms with Crippen LogP contribution in [-0.4, -0.2) is 21.5 Å². The molecule has 0 radical (unpaired) electrons. The lowest BCUT2D eigenvalue weighted by atomic mass is 10.1. The third-order valence-corrected chi connectivity index (χ3v) is 3.58. The number of nitrogens with one attached hydrogen (secondary N) is 1. The van der Waals surface area contributed by atoms with E-state index in [4.69, 9.17) is 11.2 Å². The third kappa shape index (κ3) is 3.37. The van der Waals surface area contributed by atoms with Crippen LogP contribution >= 0.6 is 0 Å². The van der Waals surface area contributed by atoms with Gasteiger partial charge in [-0.15, -0.1) is 6.42 Å². The number of benzene rings is 2. The molecule has 3 rings (SSSR count). The Morgan fingerprint density at radius 3 is 2.88 bits per heavy atom. The number of rotatable bonds is 5. The van der Waals surface area contributed by atoms with Crippen molar-refractivity contribution in [2.24, 2.45) is 0 Å². The van der Waals surface area contributed by atoms with Gasteiger partial charge < -0.3 is 9.72 Å². The zero-order chi connectivity index (χ0) is 18.5. The molecule has 126 valence electrons. The summed E-state index contributed by atoms with van der Waals surface area (Å²) in [6.07, 6.45) is 6.68. The Hall–Kier alpha value is -4.10. The van der Waals surface area contributed by atoms with Crippen molar-refractivity contribution >= 4 is 28.4 Å². The summed E-state index contributed by atoms with van der Waals surface area (Å²) in [7, 11) is 0. The Kier molecular flexibility index (Phi) is 4.64. The van der Waals surface area contributed by atoms with Crippen LogP contribution in [0.5, 0.6) is 5.75 Å². The fourth-order valence-electron chi connectivity index (χ4n) is 2.40. The van der Waals surface area contributed by atoms with E-state index in [1.54, 1.807) is 0 Å². The average Bonchev–Trinajstić information content (AvgIpc) is 3.08. The van der Waals surface area contributed by atoms with E-state index in [2.05, 4.69) is 22.0 Å². The molecule has 0 aliphatic heterocycles. The number of fused-ring (bicyclic) bond motifs is 1. The summed E-state index contributed by atoms with van der Waals surface area (Å²) in [6.45, 7) is 0.00513. The zero-order valence-electron chi connectivity index (χ0n) is 13.5. The fourth-order valence-corrected chi connectivity index (χ4v) is 2.40. The number of hydrogen-bond acceptors (Lipinski definition) is 5. The molecule has 26 heavy (non-hydrogen) atoms. The molecule has 3 aromatic rings. The Morgan fingerprint density at radius 1 is 1.38 bits per heavy atom. The number of non-ortho nitro benzene ring substituents is 1. The van der Waals surface area contributed by atoms with Crippen molar-refractivity contribution in [2.45, 2.75) is 0 Å². The summed E-state index contributed by atoms with van der Waals surface area (Å²) in [5, 5.41) is 20.6. The molecule has 0 aliphatic carbocycles. The normalized spacial score (nSPS) is 10.9. The Bertz CT molecular complexity index is 1070. The number of hydrogen-bond donors (Lipinski definition) is 1. The smallest absolute Gasteiger partial charge is 0.270 e. The molecule has 7 nitrogen and oxygen atoms in total. The molecule has 0 bridgehead atoms. The van der Waals surface area contributed by atoms with Crippen LogP contribution in [0.4, 0.5) is 5.69 Å². The molecule has 0 saturated carbocycles. The van der Waals surface area contributed by atoms with Gasteiger partial charge in [-0.3, -0.25) is 10.1 Å². The summed E-state index contributed by atoms with van der Waals surface area (Å²) < 4.78 is 5.42. The first-order valence-electron chi connectivity index (χ1n) is 7.54. The molecule has 7 heteroatoms. The molecule has 0 unspecified atom stereocenters. The first-order chi connectivity index (χ1) is 12.6. The molecular formula is C19H12N4O3. The number of allylic oxidation sites excluding steroid dienone is 1. The van der Waals surface area contributed by atoms with Gasteiger partial charge in [0.25, 0.3) is 5.69 Å². The lowest BCUT2D eigenvalue weighted by molar-refractivity contribution is -0.384. The number of nitriles is 1. The highest BCUT2D eigenvalue weighted by molar-refractivity contribution is 5.91. The molecule has 0 atom stereocenters. The number of nitro groups is 1. The first-order valence-corrected chi connectivity index (χ1v) is 7.54. The second-order valence-corrected chi connectivity index (χ2v) is 5.24. The highest BCUT2D eigenvalue weighted by Gasteiger charge is 2.13. The van der Waals surface area contributed by atoms with Crippen LogP contribution in [-0.2, 0) is 0 Å². The summed E-state index contributed by atoms with van der Waals surface area (Å²) in [5.74, 6) is 3.05. The number of aromatic nitrogens is 2. The minimum Gasteiger partial charge on any atom is -0.480 e. The van der Waals surface area contributed by atoms with Crippen molar-refractivity contribution in [3.8, 4) is 24.2 Å². The van der Waals surface area contributed by atoms with E-state index >= 15 is 0 Å². The van der Waals surface area contributed by atoms with Crippen LogP contribution in [0.2, 0.25) is 0 Å². The van der Waals surface area contributed by atoms with Crippen molar-refractivity contribution in [3.05, 3.63) is 64.0 Å². The zero-order valence-corrected chi connectivity index (χ0v) is 13.5. The molecule has 1 N–H and O–H groups in total. The fraction of sp³-hybridized carbons (Fsp3) is 0.0526. The second kappa shape index (κ2) is 7.20. The van der Waals surface area contributed by atoms with Gasteiger partial charge in [0.15, 0.2) is 0 Å². The van der Waals surface area contributed by atoms with E-state index in [9.17, 15) is 15.4 Å². The minimum atomic E-state index is -0.518. The Balaban J connectivity index is 2.10. The highest BCUT2D eigenvalue weighted by Crippen LogP contribution is 2.28. The molecular weight excluding hydrogens is 332 g/mol. The predicted octanol–water partition coefficient (Wildman–Crippen LogP) is 3.55. The molecule has 0 saturated heterocycles. The van der Waals surface area contributed by atoms with Crippen molar-refractivity contribution < 1.29 is 9.66 Å². The predicted molar refractivity (Wildman–Crippen MR) is 97.0 cm³/mol. The van der Waals surface area contributed by atoms with E-state index < -0.39 is 4.92 Å². The van der Waals surface area contributed by atoms with Crippen LogP contribution < -0.4 is 4.74 Å². The molecule has 0 amide bonds. The van der Waals surface area contributed by atoms with Gasteiger partial charge in [0.05, 0.1) is 21.5 Å². The standard InChI is InChI=1S/C19H12N4O3/c1-2-9-26-18-8-7-15(23(24)25)11-13(18)10-14(12-20)19-21-16-5-3-4-6-17(16)22-19/h1,3-8,10-11H,9H2,(H,21,22)/b14-10+. The van der Waals surface area contributed by atoms with Crippen LogP contribution in [0.1, 0.15) is 11.4 Å². The number of H-pyrrole nitrogens is 1. The largest absolute Gasteiger partial charge is 0.480 e. The van der Waals surface area contributed by atoms with Gasteiger partial charge in [-0.2, -0.15) is 5.26 Å². The van der Waals surface area contributed by atoms with Gasteiger partial charge in [-0.05, 0) is 24.3 Å². The monoisotopic (exact) mass is 344 g/mol. The lowest BCUT2D eigenvalue weighted by Gasteiger charge is -2.07. The van der Waals surface area contributed by atoms with E-state index in [1.165, 1.54) is 24.3 Å². The van der Waals surface area contributed by atoms with Crippen LogP contribution in [0.3, 0.4) is 0 Å². The topological polar surface area (TPSA) is 105 Å². The van der Waals surface area contributed by atoms with Gasteiger partial charge in [0.1, 0.15) is 24.3 Å². The molecule has 0 spiro atoms. The van der Waals surface area contributed by atoms with Gasteiger partial charge in [0.2, 0.25) is 0 Å². The average molecular weight is 344 g/mol. The number of ether oxygens (including phenoxy) is 1. The first kappa shape index (κ1) is 16.7. The Morgan fingerprint density at radius 2 is 2.19 bits per heavy atom. The van der Waals surface area contributed by atoms with Crippen molar-refractivity contribution in [3.63, 3.8) is 0 Å². The number of terminal acetylenes is 1. The summed E-state index contributed by atoms with van der Waals surface area (Å²) >= 11 is 0. The highest BCUT2D eigenvalue weighted by atomic mass is 16.6. The van der Waals surface area contributed by atoms with Gasteiger partial charge >= 0.3 is 0 Å². The number of imidazole rings is 1. The van der Waals surface area contributed by atoms with Gasteiger partial charge in [-0.25, -0.2) is 4.98 Å². The number of nitro benzene ring substituents is 1. The summed E-state index contributed by atoms with van der Waals surface area (Å²) in [4.78, 5) is 18.0. The SMILES string of the molecule is C#CCOc1ccc([N+](=O)[O-])cc1/C=C(\C#N)c1nc2ccccc2[nH]1. The lowest BCUT2D eigenvalue weighted by Crippen LogP contribution is -1.97. The van der Waals surface area contributed by atoms with Crippen LogP contribution in [0.25, 0.3) is 22.7 Å². The van der Waals surface area contributed by atoms with Crippen molar-refractivity contribution in [2.75, 3.05) is 6.61 Å². The van der Waals surface area contributed by atoms with Crippen molar-refractivity contribution in [1.82, 2.24) is 9.97 Å². The van der Waals surface area contributed by atoms with E-state index in [-0.39, 0.29) is 17.9 Å². The quantitative estimate of drug-likeness (QED) is 0.330. The summed E-state index contributed by atoms with van der Waals surface area (Å²) in [6, 6.07) is 13.5. The van der Waals surface area contributed by atoms with Crippen LogP contribution in [0.15, 0.2) is 42.5 Å². The van der Waals surface area contributed by atoms with Crippen LogP contribution in [0, 0.1) is 33.8 Å². The van der Waals surface area contributed by atoms with Crippen molar-refractivity contribution in [1.29, 1.82) is 5.26 Å². The maximum Gasteiger partial charge on any atom is 0.270 e. The maximum atomic E-state index is 11.0. The number of aromatic amines is 1. The number of para-hydroxylation sites is 2. The van der Waals surface area contributed by atoms with E-state index in [0.29, 0.717) is 22.7 Å². The maximum absolute atomic E-state index is 11.0. The molecule has 0 aliphatic rings.